The second-order valence-corrected chi connectivity index (χ2v) is 1.48. The second kappa shape index (κ2) is 5.76. The molecule has 0 spiro atoms. The standard InChI is InChI=1S/C7H7N.C2H4/c1-2-7-3-5-8-6-4-7;1-2/h2-6H,1H2;1-2H2. The van der Waals surface area contributed by atoms with Crippen LogP contribution in [0.4, 0.5) is 0 Å². The highest BCUT2D eigenvalue weighted by atomic mass is 14.6. The summed E-state index contributed by atoms with van der Waals surface area (Å²) in [4.78, 5) is 3.85. The van der Waals surface area contributed by atoms with Gasteiger partial charge in [-0.3, -0.25) is 4.98 Å². The molecule has 1 nitrogen and oxygen atoms in total. The van der Waals surface area contributed by atoms with Gasteiger partial charge in [0.25, 0.3) is 0 Å². The fraction of sp³-hybridized carbons (Fsp3) is 0. The van der Waals surface area contributed by atoms with E-state index in [4.69, 9.17) is 0 Å². The molecule has 0 amide bonds. The van der Waals surface area contributed by atoms with Crippen molar-refractivity contribution in [3.63, 3.8) is 0 Å². The number of pyridine rings is 1. The van der Waals surface area contributed by atoms with E-state index in [1.165, 1.54) is 0 Å². The van der Waals surface area contributed by atoms with Crippen LogP contribution in [0, 0.1) is 0 Å². The largest absolute Gasteiger partial charge is 0.265 e. The minimum atomic E-state index is 1.11. The van der Waals surface area contributed by atoms with Gasteiger partial charge in [-0.2, -0.15) is 0 Å². The lowest BCUT2D eigenvalue weighted by molar-refractivity contribution is 1.32. The van der Waals surface area contributed by atoms with Gasteiger partial charge in [-0.05, 0) is 17.7 Å². The Balaban J connectivity index is 0.000000371. The van der Waals surface area contributed by atoms with Gasteiger partial charge in [0.2, 0.25) is 0 Å². The third-order valence-corrected chi connectivity index (χ3v) is 0.942. The Morgan fingerprint density at radius 3 is 2.00 bits per heavy atom. The van der Waals surface area contributed by atoms with Crippen LogP contribution in [0.3, 0.4) is 0 Å². The average Bonchev–Trinajstić information content (AvgIpc) is 2.10. The van der Waals surface area contributed by atoms with Gasteiger partial charge in [0.1, 0.15) is 0 Å². The molecule has 0 aromatic carbocycles. The summed E-state index contributed by atoms with van der Waals surface area (Å²) in [6, 6.07) is 3.82. The number of nitrogens with zero attached hydrogens (tertiary/aromatic N) is 1. The molecular formula is C9H11N. The minimum Gasteiger partial charge on any atom is -0.265 e. The molecular weight excluding hydrogens is 122 g/mol. The van der Waals surface area contributed by atoms with Crippen LogP contribution in [0.1, 0.15) is 5.56 Å². The van der Waals surface area contributed by atoms with Crippen molar-refractivity contribution < 1.29 is 0 Å². The van der Waals surface area contributed by atoms with Gasteiger partial charge in [-0.15, -0.1) is 13.2 Å². The summed E-state index contributed by atoms with van der Waals surface area (Å²) < 4.78 is 0. The van der Waals surface area contributed by atoms with Crippen molar-refractivity contribution in [3.05, 3.63) is 49.8 Å². The molecule has 0 bridgehead atoms. The van der Waals surface area contributed by atoms with E-state index in [1.54, 1.807) is 18.5 Å². The van der Waals surface area contributed by atoms with E-state index >= 15 is 0 Å². The van der Waals surface area contributed by atoms with Crippen LogP contribution in [0.15, 0.2) is 44.3 Å². The molecule has 0 unspecified atom stereocenters. The topological polar surface area (TPSA) is 12.9 Å². The molecule has 1 aromatic rings. The highest BCUT2D eigenvalue weighted by Gasteiger charge is 1.76. The lowest BCUT2D eigenvalue weighted by Crippen LogP contribution is -1.69. The first-order valence-corrected chi connectivity index (χ1v) is 2.96. The number of hydrogen-bond acceptors (Lipinski definition) is 1. The maximum absolute atomic E-state index is 3.85. The predicted molar refractivity (Wildman–Crippen MR) is 45.6 cm³/mol. The fourth-order valence-electron chi connectivity index (χ4n) is 0.500. The highest BCUT2D eigenvalue weighted by molar-refractivity contribution is 5.44. The molecule has 1 heteroatoms. The smallest absolute Gasteiger partial charge is 0.0273 e. The maximum Gasteiger partial charge on any atom is 0.0273 e. The summed E-state index contributed by atoms with van der Waals surface area (Å²) in [5.74, 6) is 0. The zero-order chi connectivity index (χ0) is 7.82. The molecule has 0 N–H and O–H groups in total. The summed E-state index contributed by atoms with van der Waals surface area (Å²) in [6.07, 6.45) is 5.29. The van der Waals surface area contributed by atoms with Crippen molar-refractivity contribution in [2.75, 3.05) is 0 Å². The second-order valence-electron chi connectivity index (χ2n) is 1.48. The van der Waals surface area contributed by atoms with Crippen LogP contribution in [-0.4, -0.2) is 4.98 Å². The molecule has 0 radical (unpaired) electrons. The number of hydrogen-bond donors (Lipinski definition) is 0. The van der Waals surface area contributed by atoms with Crippen molar-refractivity contribution in [1.29, 1.82) is 0 Å². The Hall–Kier alpha value is -1.37. The summed E-state index contributed by atoms with van der Waals surface area (Å²) in [5, 5.41) is 0. The zero-order valence-corrected chi connectivity index (χ0v) is 5.96. The Morgan fingerprint density at radius 2 is 1.70 bits per heavy atom. The SMILES string of the molecule is C=C.C=Cc1ccncc1. The normalized spacial score (nSPS) is 7.20. The van der Waals surface area contributed by atoms with E-state index in [9.17, 15) is 0 Å². The van der Waals surface area contributed by atoms with E-state index in [2.05, 4.69) is 24.7 Å². The highest BCUT2D eigenvalue weighted by Crippen LogP contribution is 1.94. The lowest BCUT2D eigenvalue weighted by atomic mass is 10.3. The molecule has 0 aliphatic rings. The molecule has 1 rings (SSSR count). The van der Waals surface area contributed by atoms with E-state index in [0.717, 1.165) is 5.56 Å². The lowest BCUT2D eigenvalue weighted by Gasteiger charge is -1.84. The van der Waals surface area contributed by atoms with Crippen LogP contribution in [0.2, 0.25) is 0 Å². The first kappa shape index (κ1) is 8.63. The summed E-state index contributed by atoms with van der Waals surface area (Å²) in [5.41, 5.74) is 1.11. The summed E-state index contributed by atoms with van der Waals surface area (Å²) in [6.45, 7) is 9.60. The Bertz CT molecular complexity index is 179. The van der Waals surface area contributed by atoms with E-state index in [0.29, 0.717) is 0 Å². The molecule has 0 fully saturated rings. The van der Waals surface area contributed by atoms with E-state index < -0.39 is 0 Å². The van der Waals surface area contributed by atoms with Crippen molar-refractivity contribution in [3.8, 4) is 0 Å². The fourth-order valence-corrected chi connectivity index (χ4v) is 0.500. The molecule has 0 saturated heterocycles. The van der Waals surface area contributed by atoms with Crippen molar-refractivity contribution in [2.24, 2.45) is 0 Å². The monoisotopic (exact) mass is 133 g/mol. The van der Waals surface area contributed by atoms with Crippen LogP contribution < -0.4 is 0 Å². The van der Waals surface area contributed by atoms with Crippen molar-refractivity contribution >= 4 is 6.08 Å². The molecule has 10 heavy (non-hydrogen) atoms. The third kappa shape index (κ3) is 2.82. The van der Waals surface area contributed by atoms with Gasteiger partial charge in [-0.25, -0.2) is 0 Å². The molecule has 0 saturated carbocycles. The van der Waals surface area contributed by atoms with Gasteiger partial charge in [0, 0.05) is 12.4 Å². The van der Waals surface area contributed by atoms with E-state index in [1.807, 2.05) is 12.1 Å². The number of aromatic nitrogens is 1. The Morgan fingerprint density at radius 1 is 1.20 bits per heavy atom. The van der Waals surface area contributed by atoms with Crippen LogP contribution in [0.5, 0.6) is 0 Å². The van der Waals surface area contributed by atoms with E-state index in [-0.39, 0.29) is 0 Å². The molecule has 1 aromatic heterocycles. The summed E-state index contributed by atoms with van der Waals surface area (Å²) >= 11 is 0. The van der Waals surface area contributed by atoms with Crippen LogP contribution >= 0.6 is 0 Å². The van der Waals surface area contributed by atoms with Gasteiger partial charge < -0.3 is 0 Å². The molecule has 0 aliphatic carbocycles. The van der Waals surface area contributed by atoms with Crippen molar-refractivity contribution in [2.45, 2.75) is 0 Å². The Labute approximate surface area is 61.7 Å². The van der Waals surface area contributed by atoms with Gasteiger partial charge >= 0.3 is 0 Å². The number of rotatable bonds is 1. The van der Waals surface area contributed by atoms with Crippen LogP contribution in [0.25, 0.3) is 6.08 Å². The predicted octanol–water partition coefficient (Wildman–Crippen LogP) is 2.53. The zero-order valence-electron chi connectivity index (χ0n) is 5.96. The Kier molecular flexibility index (Phi) is 4.97. The molecule has 0 aliphatic heterocycles. The quantitative estimate of drug-likeness (QED) is 0.536. The summed E-state index contributed by atoms with van der Waals surface area (Å²) in [7, 11) is 0. The average molecular weight is 133 g/mol. The van der Waals surface area contributed by atoms with Gasteiger partial charge in [0.15, 0.2) is 0 Å². The first-order valence-electron chi connectivity index (χ1n) is 2.96. The molecule has 1 heterocycles. The van der Waals surface area contributed by atoms with Crippen molar-refractivity contribution in [1.82, 2.24) is 4.98 Å². The van der Waals surface area contributed by atoms with Crippen LogP contribution in [-0.2, 0) is 0 Å². The molecule has 0 atom stereocenters. The maximum atomic E-state index is 3.85. The minimum absolute atomic E-state index is 1.11. The first-order chi connectivity index (χ1) is 4.93. The van der Waals surface area contributed by atoms with Gasteiger partial charge in [-0.1, -0.05) is 12.7 Å². The van der Waals surface area contributed by atoms with Gasteiger partial charge in [0.05, 0.1) is 0 Å². The molecule has 52 valence electrons. The third-order valence-electron chi connectivity index (χ3n) is 0.942.